The van der Waals surface area contributed by atoms with E-state index in [0.717, 1.165) is 12.1 Å². The third kappa shape index (κ3) is 4.57. The van der Waals surface area contributed by atoms with E-state index in [-0.39, 0.29) is 11.8 Å². The molecule has 1 rings (SSSR count). The van der Waals surface area contributed by atoms with Crippen molar-refractivity contribution in [3.63, 3.8) is 0 Å². The average molecular weight is 234 g/mol. The molecule has 0 spiro atoms. The van der Waals surface area contributed by atoms with Crippen molar-refractivity contribution < 1.29 is 4.79 Å². The van der Waals surface area contributed by atoms with Gasteiger partial charge in [-0.2, -0.15) is 0 Å². The number of nitrogens with two attached hydrogens (primary N) is 1. The van der Waals surface area contributed by atoms with Crippen LogP contribution < -0.4 is 11.1 Å². The van der Waals surface area contributed by atoms with Crippen LogP contribution in [-0.4, -0.2) is 12.5 Å². The van der Waals surface area contributed by atoms with Crippen LogP contribution in [0.2, 0.25) is 0 Å². The monoisotopic (exact) mass is 234 g/mol. The average Bonchev–Trinajstić information content (AvgIpc) is 2.30. The Balaban J connectivity index is 2.59. The molecule has 1 aromatic rings. The summed E-state index contributed by atoms with van der Waals surface area (Å²) in [5, 5.41) is 2.85. The van der Waals surface area contributed by atoms with E-state index in [2.05, 4.69) is 31.3 Å². The Hall–Kier alpha value is -1.35. The number of carbonyl (C=O) groups excluding carboxylic acids is 1. The first-order chi connectivity index (χ1) is 8.02. The largest absolute Gasteiger partial charge is 0.330 e. The van der Waals surface area contributed by atoms with Gasteiger partial charge in [-0.1, -0.05) is 32.9 Å². The van der Waals surface area contributed by atoms with Crippen LogP contribution in [-0.2, 0) is 11.2 Å². The lowest BCUT2D eigenvalue weighted by Crippen LogP contribution is -2.26. The van der Waals surface area contributed by atoms with Gasteiger partial charge >= 0.3 is 0 Å². The highest BCUT2D eigenvalue weighted by molar-refractivity contribution is 5.92. The quantitative estimate of drug-likeness (QED) is 0.822. The molecule has 0 fully saturated rings. The fourth-order valence-corrected chi connectivity index (χ4v) is 1.57. The van der Waals surface area contributed by atoms with E-state index in [1.54, 1.807) is 0 Å². The van der Waals surface area contributed by atoms with E-state index >= 15 is 0 Å². The van der Waals surface area contributed by atoms with E-state index in [9.17, 15) is 4.79 Å². The lowest BCUT2D eigenvalue weighted by Gasteiger charge is -2.11. The van der Waals surface area contributed by atoms with Crippen molar-refractivity contribution in [2.24, 2.45) is 17.6 Å². The molecule has 3 heteroatoms. The van der Waals surface area contributed by atoms with E-state index in [0.29, 0.717) is 12.5 Å². The molecule has 0 heterocycles. The first-order valence-corrected chi connectivity index (χ1v) is 6.12. The Morgan fingerprint density at radius 2 is 1.82 bits per heavy atom. The number of hydrogen-bond donors (Lipinski definition) is 2. The number of carbonyl (C=O) groups is 1. The van der Waals surface area contributed by atoms with Crippen molar-refractivity contribution in [3.8, 4) is 0 Å². The molecule has 3 nitrogen and oxygen atoms in total. The van der Waals surface area contributed by atoms with E-state index < -0.39 is 0 Å². The minimum atomic E-state index is -0.148. The second-order valence-electron chi connectivity index (χ2n) is 4.92. The van der Waals surface area contributed by atoms with Gasteiger partial charge in [0.25, 0.3) is 0 Å². The Bertz CT molecular complexity index is 357. The van der Waals surface area contributed by atoms with Crippen LogP contribution >= 0.6 is 0 Å². The maximum atomic E-state index is 11.6. The van der Waals surface area contributed by atoms with Gasteiger partial charge < -0.3 is 11.1 Å². The summed E-state index contributed by atoms with van der Waals surface area (Å²) >= 11 is 0. The van der Waals surface area contributed by atoms with Gasteiger partial charge in [-0.15, -0.1) is 0 Å². The Labute approximate surface area is 103 Å². The van der Waals surface area contributed by atoms with Crippen LogP contribution in [0, 0.1) is 11.8 Å². The van der Waals surface area contributed by atoms with Crippen molar-refractivity contribution in [1.82, 2.24) is 0 Å². The molecule has 0 saturated heterocycles. The molecule has 1 aromatic carbocycles. The fraction of sp³-hybridized carbons (Fsp3) is 0.500. The molecule has 0 radical (unpaired) electrons. The lowest BCUT2D eigenvalue weighted by molar-refractivity contribution is -0.119. The predicted octanol–water partition coefficient (Wildman–Crippen LogP) is 2.42. The van der Waals surface area contributed by atoms with Crippen LogP contribution in [0.25, 0.3) is 0 Å². The van der Waals surface area contributed by atoms with Gasteiger partial charge in [-0.05, 0) is 30.0 Å². The summed E-state index contributed by atoms with van der Waals surface area (Å²) in [5.41, 5.74) is 7.58. The standard InChI is InChI=1S/C14H22N2O/c1-10(2)8-12-4-6-13(7-5-12)16-14(17)11(3)9-15/h4-7,10-11H,8-9,15H2,1-3H3,(H,16,17). The number of rotatable bonds is 5. The molecular weight excluding hydrogens is 212 g/mol. The van der Waals surface area contributed by atoms with Crippen molar-refractivity contribution >= 4 is 11.6 Å². The van der Waals surface area contributed by atoms with Gasteiger partial charge in [0.1, 0.15) is 0 Å². The molecule has 0 aromatic heterocycles. The minimum Gasteiger partial charge on any atom is -0.330 e. The second kappa shape index (κ2) is 6.40. The van der Waals surface area contributed by atoms with Crippen molar-refractivity contribution in [2.75, 3.05) is 11.9 Å². The smallest absolute Gasteiger partial charge is 0.228 e. The number of hydrogen-bond acceptors (Lipinski definition) is 2. The van der Waals surface area contributed by atoms with Crippen LogP contribution in [0.1, 0.15) is 26.3 Å². The van der Waals surface area contributed by atoms with E-state index in [1.165, 1.54) is 5.56 Å². The summed E-state index contributed by atoms with van der Waals surface area (Å²) < 4.78 is 0. The molecule has 1 unspecified atom stereocenters. The number of anilines is 1. The Morgan fingerprint density at radius 1 is 1.24 bits per heavy atom. The van der Waals surface area contributed by atoms with Gasteiger partial charge in [-0.3, -0.25) is 4.79 Å². The topological polar surface area (TPSA) is 55.1 Å². The van der Waals surface area contributed by atoms with Gasteiger partial charge in [-0.25, -0.2) is 0 Å². The summed E-state index contributed by atoms with van der Waals surface area (Å²) in [5.74, 6) is 0.474. The van der Waals surface area contributed by atoms with Crippen LogP contribution in [0.4, 0.5) is 5.69 Å². The Morgan fingerprint density at radius 3 is 2.29 bits per heavy atom. The molecule has 3 N–H and O–H groups in total. The van der Waals surface area contributed by atoms with Crippen molar-refractivity contribution in [3.05, 3.63) is 29.8 Å². The summed E-state index contributed by atoms with van der Waals surface area (Å²) in [6.45, 7) is 6.58. The Kier molecular flexibility index (Phi) is 5.16. The van der Waals surface area contributed by atoms with Gasteiger partial charge in [0.05, 0.1) is 0 Å². The van der Waals surface area contributed by atoms with Crippen LogP contribution in [0.3, 0.4) is 0 Å². The van der Waals surface area contributed by atoms with Gasteiger partial charge in [0.2, 0.25) is 5.91 Å². The van der Waals surface area contributed by atoms with E-state index in [1.807, 2.05) is 19.1 Å². The highest BCUT2D eigenvalue weighted by atomic mass is 16.1. The normalized spacial score (nSPS) is 12.5. The molecule has 1 amide bonds. The zero-order valence-electron chi connectivity index (χ0n) is 10.9. The molecular formula is C14H22N2O. The number of amides is 1. The summed E-state index contributed by atoms with van der Waals surface area (Å²) in [4.78, 5) is 11.6. The SMILES string of the molecule is CC(C)Cc1ccc(NC(=O)C(C)CN)cc1. The first-order valence-electron chi connectivity index (χ1n) is 6.12. The predicted molar refractivity (Wildman–Crippen MR) is 71.8 cm³/mol. The molecule has 0 saturated carbocycles. The van der Waals surface area contributed by atoms with Crippen LogP contribution in [0.5, 0.6) is 0 Å². The van der Waals surface area contributed by atoms with Crippen molar-refractivity contribution in [1.29, 1.82) is 0 Å². The zero-order valence-corrected chi connectivity index (χ0v) is 10.9. The lowest BCUT2D eigenvalue weighted by atomic mass is 10.0. The third-order valence-corrected chi connectivity index (χ3v) is 2.67. The first kappa shape index (κ1) is 13.7. The molecule has 94 valence electrons. The molecule has 17 heavy (non-hydrogen) atoms. The third-order valence-electron chi connectivity index (χ3n) is 2.67. The van der Waals surface area contributed by atoms with Gasteiger partial charge in [0, 0.05) is 18.2 Å². The minimum absolute atomic E-state index is 0.0240. The summed E-state index contributed by atoms with van der Waals surface area (Å²) in [7, 11) is 0. The molecule has 0 bridgehead atoms. The fourth-order valence-electron chi connectivity index (χ4n) is 1.57. The molecule has 0 aliphatic rings. The maximum Gasteiger partial charge on any atom is 0.228 e. The van der Waals surface area contributed by atoms with Gasteiger partial charge in [0.15, 0.2) is 0 Å². The summed E-state index contributed by atoms with van der Waals surface area (Å²) in [6, 6.07) is 8.00. The summed E-state index contributed by atoms with van der Waals surface area (Å²) in [6.07, 6.45) is 1.06. The van der Waals surface area contributed by atoms with Crippen molar-refractivity contribution in [2.45, 2.75) is 27.2 Å². The number of nitrogens with one attached hydrogen (secondary N) is 1. The van der Waals surface area contributed by atoms with Crippen LogP contribution in [0.15, 0.2) is 24.3 Å². The molecule has 1 atom stereocenters. The molecule has 0 aliphatic carbocycles. The van der Waals surface area contributed by atoms with E-state index in [4.69, 9.17) is 5.73 Å². The highest BCUT2D eigenvalue weighted by Gasteiger charge is 2.10. The number of benzene rings is 1. The second-order valence-corrected chi connectivity index (χ2v) is 4.92. The zero-order chi connectivity index (χ0) is 12.8. The highest BCUT2D eigenvalue weighted by Crippen LogP contribution is 2.13. The molecule has 0 aliphatic heterocycles. The maximum absolute atomic E-state index is 11.6.